The molecule has 3 N–H and O–H groups in total. The summed E-state index contributed by atoms with van der Waals surface area (Å²) in [5, 5.41) is 8.57. The number of amides is 6. The monoisotopic (exact) mass is 449 g/mol. The van der Waals surface area contributed by atoms with Gasteiger partial charge in [0.05, 0.1) is 5.69 Å². The fourth-order valence-electron chi connectivity index (χ4n) is 2.99. The van der Waals surface area contributed by atoms with E-state index in [0.717, 1.165) is 11.1 Å². The Hall–Kier alpha value is -4.34. The number of carbonyl (C=O) groups excluding carboxylic acids is 5. The molecule has 1 saturated heterocycles. The Morgan fingerprint density at radius 2 is 1.73 bits per heavy atom. The second kappa shape index (κ2) is 9.86. The van der Waals surface area contributed by atoms with Crippen LogP contribution in [0.25, 0.3) is 0 Å². The SMILES string of the molecule is Cc1ccccc1N1C(=O)NC(=O)[C@@H](/C=N\NC(=O)c2ccc(NC(=O)C(C)C)cc2)C1=O. The van der Waals surface area contributed by atoms with Gasteiger partial charge < -0.3 is 5.32 Å². The fraction of sp³-hybridized carbons (Fsp3) is 0.217. The van der Waals surface area contributed by atoms with Crippen LogP contribution in [0.15, 0.2) is 53.6 Å². The van der Waals surface area contributed by atoms with Gasteiger partial charge in [0.2, 0.25) is 11.8 Å². The summed E-state index contributed by atoms with van der Waals surface area (Å²) in [7, 11) is 0. The van der Waals surface area contributed by atoms with E-state index in [1.165, 1.54) is 12.1 Å². The molecule has 0 radical (unpaired) electrons. The standard InChI is InChI=1S/C23H23N5O5/c1-13(2)19(29)25-16-10-8-15(9-11-16)20(30)27-24-12-17-21(31)26-23(33)28(22(17)32)18-7-5-4-6-14(18)3/h4-13,17H,1-3H3,(H,25,29)(H,27,30)(H,26,31,33)/b24-12-/t17-/m1/s1. The Morgan fingerprint density at radius 1 is 1.06 bits per heavy atom. The van der Waals surface area contributed by atoms with Gasteiger partial charge in [-0.3, -0.25) is 24.5 Å². The summed E-state index contributed by atoms with van der Waals surface area (Å²) in [6, 6.07) is 12.0. The number of nitrogens with one attached hydrogen (secondary N) is 3. The highest BCUT2D eigenvalue weighted by molar-refractivity contribution is 6.32. The summed E-state index contributed by atoms with van der Waals surface area (Å²) < 4.78 is 0. The van der Waals surface area contributed by atoms with Gasteiger partial charge in [-0.15, -0.1) is 0 Å². The van der Waals surface area contributed by atoms with Gasteiger partial charge in [0.15, 0.2) is 5.92 Å². The minimum atomic E-state index is -1.39. The van der Waals surface area contributed by atoms with Crippen molar-refractivity contribution in [2.75, 3.05) is 10.2 Å². The van der Waals surface area contributed by atoms with Crippen LogP contribution in [-0.4, -0.2) is 35.9 Å². The number of hydrazone groups is 1. The summed E-state index contributed by atoms with van der Waals surface area (Å²) >= 11 is 0. The van der Waals surface area contributed by atoms with Crippen LogP contribution in [0.2, 0.25) is 0 Å². The molecule has 0 saturated carbocycles. The van der Waals surface area contributed by atoms with Crippen LogP contribution in [0.5, 0.6) is 0 Å². The molecular formula is C23H23N5O5. The normalized spacial score (nSPS) is 16.2. The first-order valence-electron chi connectivity index (χ1n) is 10.2. The van der Waals surface area contributed by atoms with Crippen molar-refractivity contribution in [3.8, 4) is 0 Å². The van der Waals surface area contributed by atoms with Crippen molar-refractivity contribution in [2.45, 2.75) is 20.8 Å². The van der Waals surface area contributed by atoms with Crippen LogP contribution < -0.4 is 21.0 Å². The topological polar surface area (TPSA) is 137 Å². The van der Waals surface area contributed by atoms with Crippen molar-refractivity contribution < 1.29 is 24.0 Å². The summed E-state index contributed by atoms with van der Waals surface area (Å²) in [6.45, 7) is 5.26. The number of anilines is 2. The summed E-state index contributed by atoms with van der Waals surface area (Å²) in [5.41, 5.74) is 4.07. The lowest BCUT2D eigenvalue weighted by Crippen LogP contribution is -2.59. The first kappa shape index (κ1) is 23.3. The molecule has 0 bridgehead atoms. The van der Waals surface area contributed by atoms with E-state index < -0.39 is 29.7 Å². The van der Waals surface area contributed by atoms with Crippen LogP contribution in [0, 0.1) is 18.8 Å². The van der Waals surface area contributed by atoms with Crippen molar-refractivity contribution >= 4 is 47.2 Å². The number of imide groups is 2. The lowest BCUT2D eigenvalue weighted by molar-refractivity contribution is -0.131. The van der Waals surface area contributed by atoms with Crippen molar-refractivity contribution in [3.05, 3.63) is 59.7 Å². The number of hydrogen-bond donors (Lipinski definition) is 3. The van der Waals surface area contributed by atoms with Crippen LogP contribution in [0.3, 0.4) is 0 Å². The minimum absolute atomic E-state index is 0.148. The number of aryl methyl sites for hydroxylation is 1. The number of carbonyl (C=O) groups is 5. The van der Waals surface area contributed by atoms with Gasteiger partial charge in [-0.05, 0) is 42.8 Å². The molecule has 2 aromatic rings. The van der Waals surface area contributed by atoms with E-state index in [2.05, 4.69) is 21.2 Å². The van der Waals surface area contributed by atoms with E-state index >= 15 is 0 Å². The number of nitrogens with zero attached hydrogens (tertiary/aromatic N) is 2. The number of benzene rings is 2. The molecule has 6 amide bonds. The maximum absolute atomic E-state index is 12.8. The van der Waals surface area contributed by atoms with E-state index in [4.69, 9.17) is 0 Å². The van der Waals surface area contributed by atoms with Gasteiger partial charge in [0, 0.05) is 23.4 Å². The first-order chi connectivity index (χ1) is 15.7. The summed E-state index contributed by atoms with van der Waals surface area (Å²) in [6.07, 6.45) is 0.977. The van der Waals surface area contributed by atoms with Crippen LogP contribution in [-0.2, 0) is 14.4 Å². The predicted molar refractivity (Wildman–Crippen MR) is 122 cm³/mol. The number of para-hydroxylation sites is 1. The maximum Gasteiger partial charge on any atom is 0.335 e. The fourth-order valence-corrected chi connectivity index (χ4v) is 2.99. The number of hydrogen-bond acceptors (Lipinski definition) is 6. The zero-order chi connectivity index (χ0) is 24.1. The highest BCUT2D eigenvalue weighted by atomic mass is 16.2. The van der Waals surface area contributed by atoms with E-state index in [0.29, 0.717) is 16.9 Å². The van der Waals surface area contributed by atoms with Crippen molar-refractivity contribution in [1.82, 2.24) is 10.7 Å². The van der Waals surface area contributed by atoms with E-state index in [1.54, 1.807) is 57.2 Å². The predicted octanol–water partition coefficient (Wildman–Crippen LogP) is 2.20. The third-order valence-electron chi connectivity index (χ3n) is 4.89. The molecule has 33 heavy (non-hydrogen) atoms. The van der Waals surface area contributed by atoms with Gasteiger partial charge in [-0.25, -0.2) is 15.1 Å². The second-order valence-electron chi connectivity index (χ2n) is 7.67. The number of barbiturate groups is 1. The molecule has 0 aliphatic carbocycles. The minimum Gasteiger partial charge on any atom is -0.326 e. The van der Waals surface area contributed by atoms with Crippen molar-refractivity contribution in [1.29, 1.82) is 0 Å². The third kappa shape index (κ3) is 5.29. The highest BCUT2D eigenvalue weighted by Crippen LogP contribution is 2.23. The molecule has 170 valence electrons. The van der Waals surface area contributed by atoms with Crippen LogP contribution >= 0.6 is 0 Å². The average Bonchev–Trinajstić information content (AvgIpc) is 2.77. The number of rotatable bonds is 6. The quantitative estimate of drug-likeness (QED) is 0.353. The molecule has 1 fully saturated rings. The van der Waals surface area contributed by atoms with Gasteiger partial charge in [-0.2, -0.15) is 5.10 Å². The molecule has 10 heteroatoms. The molecule has 2 aromatic carbocycles. The Morgan fingerprint density at radius 3 is 2.36 bits per heavy atom. The van der Waals surface area contributed by atoms with Crippen LogP contribution in [0.1, 0.15) is 29.8 Å². The molecule has 1 heterocycles. The van der Waals surface area contributed by atoms with Gasteiger partial charge in [-0.1, -0.05) is 32.0 Å². The Balaban J connectivity index is 1.67. The van der Waals surface area contributed by atoms with E-state index in [-0.39, 0.29) is 17.4 Å². The number of urea groups is 1. The summed E-state index contributed by atoms with van der Waals surface area (Å²) in [4.78, 5) is 62.2. The van der Waals surface area contributed by atoms with Crippen molar-refractivity contribution in [2.24, 2.45) is 16.9 Å². The third-order valence-corrected chi connectivity index (χ3v) is 4.89. The largest absolute Gasteiger partial charge is 0.335 e. The van der Waals surface area contributed by atoms with Gasteiger partial charge in [0.25, 0.3) is 11.8 Å². The van der Waals surface area contributed by atoms with Crippen LogP contribution in [0.4, 0.5) is 16.2 Å². The zero-order valence-corrected chi connectivity index (χ0v) is 18.3. The van der Waals surface area contributed by atoms with E-state index in [1.807, 2.05) is 0 Å². The molecule has 0 unspecified atom stereocenters. The molecule has 0 aromatic heterocycles. The molecule has 3 rings (SSSR count). The molecule has 0 spiro atoms. The molecule has 1 atom stereocenters. The smallest absolute Gasteiger partial charge is 0.326 e. The van der Waals surface area contributed by atoms with E-state index in [9.17, 15) is 24.0 Å². The Bertz CT molecular complexity index is 1140. The van der Waals surface area contributed by atoms with Gasteiger partial charge >= 0.3 is 6.03 Å². The second-order valence-corrected chi connectivity index (χ2v) is 7.67. The molecular weight excluding hydrogens is 426 g/mol. The lowest BCUT2D eigenvalue weighted by atomic mass is 10.0. The average molecular weight is 449 g/mol. The molecule has 1 aliphatic heterocycles. The molecule has 10 nitrogen and oxygen atoms in total. The first-order valence-corrected chi connectivity index (χ1v) is 10.2. The Kier molecular flexibility index (Phi) is 6.97. The lowest BCUT2D eigenvalue weighted by Gasteiger charge is -2.29. The zero-order valence-electron chi connectivity index (χ0n) is 18.3. The maximum atomic E-state index is 12.8. The van der Waals surface area contributed by atoms with Gasteiger partial charge in [0.1, 0.15) is 0 Å². The Labute approximate surface area is 190 Å². The van der Waals surface area contributed by atoms with Crippen molar-refractivity contribution in [3.63, 3.8) is 0 Å². The highest BCUT2D eigenvalue weighted by Gasteiger charge is 2.41. The molecule has 1 aliphatic rings. The summed E-state index contributed by atoms with van der Waals surface area (Å²) in [5.74, 6) is -3.91.